The van der Waals surface area contributed by atoms with Crippen molar-refractivity contribution in [3.63, 3.8) is 0 Å². The van der Waals surface area contributed by atoms with Gasteiger partial charge in [-0.3, -0.25) is 4.68 Å². The van der Waals surface area contributed by atoms with E-state index in [0.29, 0.717) is 0 Å². The van der Waals surface area contributed by atoms with E-state index in [4.69, 9.17) is 0 Å². The first-order valence-corrected chi connectivity index (χ1v) is 10.2. The number of hydrogen-bond acceptors (Lipinski definition) is 3. The number of anilines is 1. The Balaban J connectivity index is 1.44. The molecular formula is C24H23N5. The fraction of sp³-hybridized carbons (Fsp3) is 0.208. The van der Waals surface area contributed by atoms with E-state index in [1.165, 1.54) is 44.0 Å². The van der Waals surface area contributed by atoms with Crippen molar-refractivity contribution >= 4 is 38.4 Å². The molecule has 6 rings (SSSR count). The molecule has 5 heteroatoms. The topological polar surface area (TPSA) is 48.9 Å². The first kappa shape index (κ1) is 16.6. The first-order chi connectivity index (χ1) is 14.3. The number of aromatic amines is 1. The van der Waals surface area contributed by atoms with Gasteiger partial charge in [-0.25, -0.2) is 0 Å². The van der Waals surface area contributed by atoms with Crippen LogP contribution in [0.3, 0.4) is 0 Å². The zero-order valence-corrected chi connectivity index (χ0v) is 16.4. The van der Waals surface area contributed by atoms with Crippen molar-refractivity contribution in [1.82, 2.24) is 20.1 Å². The summed E-state index contributed by atoms with van der Waals surface area (Å²) in [5.41, 5.74) is 7.30. The number of nitrogens with one attached hydrogen (secondary N) is 2. The summed E-state index contributed by atoms with van der Waals surface area (Å²) >= 11 is 0. The lowest BCUT2D eigenvalue weighted by molar-refractivity contribution is 0.589. The Kier molecular flexibility index (Phi) is 3.64. The molecule has 0 saturated carbocycles. The Hall–Kier alpha value is -3.31. The lowest BCUT2D eigenvalue weighted by Gasteiger charge is -2.29. The van der Waals surface area contributed by atoms with Gasteiger partial charge < -0.3 is 15.2 Å². The zero-order chi connectivity index (χ0) is 19.4. The van der Waals surface area contributed by atoms with Gasteiger partial charge in [0.2, 0.25) is 0 Å². The molecule has 0 atom stereocenters. The van der Waals surface area contributed by atoms with Gasteiger partial charge in [0.15, 0.2) is 0 Å². The van der Waals surface area contributed by atoms with Crippen LogP contribution in [0.2, 0.25) is 0 Å². The summed E-state index contributed by atoms with van der Waals surface area (Å²) in [5, 5.41) is 11.5. The van der Waals surface area contributed by atoms with Gasteiger partial charge in [0.05, 0.1) is 11.7 Å². The summed E-state index contributed by atoms with van der Waals surface area (Å²) in [4.78, 5) is 6.07. The highest BCUT2D eigenvalue weighted by molar-refractivity contribution is 6.09. The molecule has 1 fully saturated rings. The molecule has 3 heterocycles. The van der Waals surface area contributed by atoms with Crippen LogP contribution in [0.5, 0.6) is 0 Å². The second-order valence-electron chi connectivity index (χ2n) is 7.89. The van der Waals surface area contributed by atoms with Crippen molar-refractivity contribution in [1.29, 1.82) is 0 Å². The fourth-order valence-corrected chi connectivity index (χ4v) is 4.53. The SMILES string of the molecule is Cn1ncc2cc(-c3ccc4[nH]c5cc(N6CCNCC6)ccc5c4c3)ccc21. The molecule has 0 amide bonds. The second-order valence-corrected chi connectivity index (χ2v) is 7.89. The van der Waals surface area contributed by atoms with E-state index >= 15 is 0 Å². The number of hydrogen-bond donors (Lipinski definition) is 2. The van der Waals surface area contributed by atoms with Gasteiger partial charge in [0.1, 0.15) is 0 Å². The number of rotatable bonds is 2. The smallest absolute Gasteiger partial charge is 0.0679 e. The van der Waals surface area contributed by atoms with Crippen molar-refractivity contribution in [2.75, 3.05) is 31.1 Å². The van der Waals surface area contributed by atoms with Crippen LogP contribution >= 0.6 is 0 Å². The summed E-state index contributed by atoms with van der Waals surface area (Å²) in [7, 11) is 1.98. The number of H-pyrrole nitrogens is 1. The lowest BCUT2D eigenvalue weighted by atomic mass is 10.0. The number of aryl methyl sites for hydroxylation is 1. The van der Waals surface area contributed by atoms with E-state index in [1.807, 2.05) is 17.9 Å². The van der Waals surface area contributed by atoms with Gasteiger partial charge in [-0.2, -0.15) is 5.10 Å². The molecule has 0 radical (unpaired) electrons. The average molecular weight is 381 g/mol. The molecule has 0 spiro atoms. The van der Waals surface area contributed by atoms with E-state index in [2.05, 4.69) is 74.9 Å². The maximum Gasteiger partial charge on any atom is 0.0679 e. The summed E-state index contributed by atoms with van der Waals surface area (Å²) in [6.45, 7) is 4.23. The Morgan fingerprint density at radius 3 is 2.55 bits per heavy atom. The predicted molar refractivity (Wildman–Crippen MR) is 121 cm³/mol. The number of piperazine rings is 1. The van der Waals surface area contributed by atoms with E-state index in [0.717, 1.165) is 31.7 Å². The summed E-state index contributed by atoms with van der Waals surface area (Å²) in [5.74, 6) is 0. The zero-order valence-electron chi connectivity index (χ0n) is 16.4. The molecular weight excluding hydrogens is 358 g/mol. The monoisotopic (exact) mass is 381 g/mol. The van der Waals surface area contributed by atoms with Crippen molar-refractivity contribution in [2.45, 2.75) is 0 Å². The molecule has 1 saturated heterocycles. The van der Waals surface area contributed by atoms with E-state index in [1.54, 1.807) is 0 Å². The molecule has 0 unspecified atom stereocenters. The number of fused-ring (bicyclic) bond motifs is 4. The van der Waals surface area contributed by atoms with Crippen LogP contribution in [0.4, 0.5) is 5.69 Å². The van der Waals surface area contributed by atoms with Crippen molar-refractivity contribution in [3.05, 3.63) is 60.8 Å². The van der Waals surface area contributed by atoms with Gasteiger partial charge in [-0.15, -0.1) is 0 Å². The molecule has 144 valence electrons. The van der Waals surface area contributed by atoms with Crippen LogP contribution in [0.25, 0.3) is 43.8 Å². The molecule has 5 nitrogen and oxygen atoms in total. The molecule has 1 aliphatic heterocycles. The van der Waals surface area contributed by atoms with Crippen molar-refractivity contribution < 1.29 is 0 Å². The highest BCUT2D eigenvalue weighted by Crippen LogP contribution is 2.33. The standard InChI is InChI=1S/C24H23N5/c1-28-24-7-3-16(12-18(24)15-26-28)17-2-6-22-21(13-17)20-5-4-19(14-23(20)27-22)29-10-8-25-9-11-29/h2-7,12-15,25,27H,8-11H2,1H3. The van der Waals surface area contributed by atoms with Crippen LogP contribution in [0.1, 0.15) is 0 Å². The van der Waals surface area contributed by atoms with Crippen molar-refractivity contribution in [2.24, 2.45) is 7.05 Å². The molecule has 0 aliphatic carbocycles. The maximum atomic E-state index is 4.36. The number of aromatic nitrogens is 3. The first-order valence-electron chi connectivity index (χ1n) is 10.2. The Labute approximate surface area is 168 Å². The second kappa shape index (κ2) is 6.36. The van der Waals surface area contributed by atoms with Gasteiger partial charge in [0, 0.05) is 66.1 Å². The average Bonchev–Trinajstić information content (AvgIpc) is 3.33. The molecule has 2 aromatic heterocycles. The van der Waals surface area contributed by atoms with E-state index in [-0.39, 0.29) is 0 Å². The minimum absolute atomic E-state index is 1.05. The Morgan fingerprint density at radius 2 is 1.66 bits per heavy atom. The van der Waals surface area contributed by atoms with E-state index in [9.17, 15) is 0 Å². The van der Waals surface area contributed by atoms with Gasteiger partial charge >= 0.3 is 0 Å². The minimum Gasteiger partial charge on any atom is -0.369 e. The quantitative estimate of drug-likeness (QED) is 0.480. The maximum absolute atomic E-state index is 4.36. The summed E-state index contributed by atoms with van der Waals surface area (Å²) in [6, 6.07) is 20.1. The van der Waals surface area contributed by atoms with Gasteiger partial charge in [-0.1, -0.05) is 18.2 Å². The molecule has 29 heavy (non-hydrogen) atoms. The van der Waals surface area contributed by atoms with Crippen molar-refractivity contribution in [3.8, 4) is 11.1 Å². The van der Waals surface area contributed by atoms with Crippen LogP contribution < -0.4 is 10.2 Å². The summed E-state index contributed by atoms with van der Waals surface area (Å²) < 4.78 is 1.91. The highest BCUT2D eigenvalue weighted by atomic mass is 15.2. The minimum atomic E-state index is 1.05. The Bertz CT molecular complexity index is 1350. The fourth-order valence-electron chi connectivity index (χ4n) is 4.53. The third-order valence-electron chi connectivity index (χ3n) is 6.14. The molecule has 3 aromatic carbocycles. The van der Waals surface area contributed by atoms with Crippen LogP contribution in [0, 0.1) is 0 Å². The molecule has 1 aliphatic rings. The molecule has 0 bridgehead atoms. The molecule has 2 N–H and O–H groups in total. The molecule has 5 aromatic rings. The lowest BCUT2D eigenvalue weighted by Crippen LogP contribution is -2.43. The van der Waals surface area contributed by atoms with Gasteiger partial charge in [0.25, 0.3) is 0 Å². The van der Waals surface area contributed by atoms with Crippen LogP contribution in [-0.2, 0) is 7.05 Å². The normalized spacial score (nSPS) is 15.0. The number of nitrogens with zero attached hydrogens (tertiary/aromatic N) is 3. The number of benzene rings is 3. The van der Waals surface area contributed by atoms with E-state index < -0.39 is 0 Å². The third-order valence-corrected chi connectivity index (χ3v) is 6.14. The van der Waals surface area contributed by atoms with Crippen LogP contribution in [0.15, 0.2) is 60.8 Å². The third kappa shape index (κ3) is 2.69. The highest BCUT2D eigenvalue weighted by Gasteiger charge is 2.13. The Morgan fingerprint density at radius 1 is 0.828 bits per heavy atom. The van der Waals surface area contributed by atoms with Gasteiger partial charge in [-0.05, 0) is 47.5 Å². The van der Waals surface area contributed by atoms with Crippen LogP contribution in [-0.4, -0.2) is 40.9 Å². The summed E-state index contributed by atoms with van der Waals surface area (Å²) in [6.07, 6.45) is 1.93. The predicted octanol–water partition coefficient (Wildman–Crippen LogP) is 4.28. The largest absolute Gasteiger partial charge is 0.369 e.